The fraction of sp³-hybridized carbons (Fsp3) is 0.440. The van der Waals surface area contributed by atoms with Crippen molar-refractivity contribution in [1.29, 1.82) is 0 Å². The van der Waals surface area contributed by atoms with Crippen molar-refractivity contribution in [3.8, 4) is 17.2 Å². The number of hydrogen-bond donors (Lipinski definition) is 2. The van der Waals surface area contributed by atoms with Crippen LogP contribution in [0.15, 0.2) is 47.5 Å². The van der Waals surface area contributed by atoms with Gasteiger partial charge in [-0.1, -0.05) is 12.1 Å². The van der Waals surface area contributed by atoms with Crippen LogP contribution in [0, 0.1) is 0 Å². The van der Waals surface area contributed by atoms with Crippen LogP contribution in [0.4, 0.5) is 0 Å². The first-order chi connectivity index (χ1) is 15.4. The van der Waals surface area contributed by atoms with Crippen molar-refractivity contribution in [3.63, 3.8) is 0 Å². The maximum Gasteiger partial charge on any atom is 0.219 e. The third-order valence-electron chi connectivity index (χ3n) is 6.35. The molecule has 2 heterocycles. The molecule has 0 radical (unpaired) electrons. The van der Waals surface area contributed by atoms with Crippen molar-refractivity contribution in [3.05, 3.63) is 53.6 Å². The first-order valence-corrected chi connectivity index (χ1v) is 11.2. The zero-order chi connectivity index (χ0) is 22.7. The third-order valence-corrected chi connectivity index (χ3v) is 6.35. The van der Waals surface area contributed by atoms with Gasteiger partial charge in [-0.05, 0) is 42.8 Å². The topological polar surface area (TPSA) is 83.4 Å². The Bertz CT molecular complexity index is 995. The highest BCUT2D eigenvalue weighted by molar-refractivity contribution is 6.02. The first kappa shape index (κ1) is 22.1. The number of benzene rings is 2. The molecule has 2 N–H and O–H groups in total. The zero-order valence-electron chi connectivity index (χ0n) is 18.9. The highest BCUT2D eigenvalue weighted by Crippen LogP contribution is 2.40. The molecule has 2 aliphatic rings. The Morgan fingerprint density at radius 2 is 1.94 bits per heavy atom. The Kier molecular flexibility index (Phi) is 6.37. The van der Waals surface area contributed by atoms with Crippen LogP contribution in [0.3, 0.4) is 0 Å². The van der Waals surface area contributed by atoms with Gasteiger partial charge in [-0.25, -0.2) is 0 Å². The van der Waals surface area contributed by atoms with Gasteiger partial charge < -0.3 is 19.5 Å². The number of nitrogens with one attached hydrogen (secondary N) is 1. The number of likely N-dealkylation sites (tertiary alicyclic amines) is 1. The molecule has 2 aromatic rings. The van der Waals surface area contributed by atoms with Gasteiger partial charge in [-0.2, -0.15) is 0 Å². The SMILES string of the molecule is CCOc1ccc(C2=NC3(CCN(C(C)=O)CC3)N[C@H](c3cccc(OC)c3O)C2)cc1. The number of piperidine rings is 1. The lowest BCUT2D eigenvalue weighted by atomic mass is 9.87. The van der Waals surface area contributed by atoms with Crippen LogP contribution >= 0.6 is 0 Å². The number of carbonyl (C=O) groups is 1. The highest BCUT2D eigenvalue weighted by atomic mass is 16.5. The van der Waals surface area contributed by atoms with Gasteiger partial charge in [0.2, 0.25) is 5.91 Å². The third kappa shape index (κ3) is 4.43. The van der Waals surface area contributed by atoms with Crippen LogP contribution in [0.1, 0.15) is 50.3 Å². The van der Waals surface area contributed by atoms with Crippen LogP contribution < -0.4 is 14.8 Å². The molecule has 170 valence electrons. The second kappa shape index (κ2) is 9.20. The van der Waals surface area contributed by atoms with E-state index in [0.29, 0.717) is 44.7 Å². The zero-order valence-corrected chi connectivity index (χ0v) is 18.9. The molecule has 2 aromatic carbocycles. The van der Waals surface area contributed by atoms with Crippen LogP contribution in [0.5, 0.6) is 17.2 Å². The predicted octanol–water partition coefficient (Wildman–Crippen LogP) is 3.66. The average Bonchev–Trinajstić information content (AvgIpc) is 2.80. The number of rotatable bonds is 5. The number of ether oxygens (including phenoxy) is 2. The molecule has 0 unspecified atom stereocenters. The Labute approximate surface area is 189 Å². The molecule has 7 heteroatoms. The van der Waals surface area contributed by atoms with Gasteiger partial charge >= 0.3 is 0 Å². The van der Waals surface area contributed by atoms with E-state index in [9.17, 15) is 9.90 Å². The van der Waals surface area contributed by atoms with Crippen molar-refractivity contribution in [2.45, 2.75) is 44.8 Å². The second-order valence-electron chi connectivity index (χ2n) is 8.35. The number of hydrogen-bond acceptors (Lipinski definition) is 6. The lowest BCUT2D eigenvalue weighted by molar-refractivity contribution is -0.130. The standard InChI is InChI=1S/C25H31N3O4/c1-4-32-19-10-8-18(9-11-19)21-16-22(20-6-5-7-23(31-3)24(20)30)27-25(26-21)12-14-28(15-13-25)17(2)29/h5-11,22,27,30H,4,12-16H2,1-3H3/t22-/m0/s1. The number of para-hydroxylation sites is 1. The largest absolute Gasteiger partial charge is 0.504 e. The molecule has 0 saturated carbocycles. The Morgan fingerprint density at radius 3 is 2.56 bits per heavy atom. The van der Waals surface area contributed by atoms with Crippen molar-refractivity contribution < 1.29 is 19.4 Å². The summed E-state index contributed by atoms with van der Waals surface area (Å²) in [6, 6.07) is 13.4. The van der Waals surface area contributed by atoms with E-state index in [0.717, 1.165) is 22.6 Å². The summed E-state index contributed by atoms with van der Waals surface area (Å²) in [5.74, 6) is 1.53. The molecule has 0 aromatic heterocycles. The summed E-state index contributed by atoms with van der Waals surface area (Å²) in [6.07, 6.45) is 2.07. The number of carbonyl (C=O) groups excluding carboxylic acids is 1. The van der Waals surface area contributed by atoms with E-state index in [1.54, 1.807) is 20.1 Å². The first-order valence-electron chi connectivity index (χ1n) is 11.2. The number of amides is 1. The van der Waals surface area contributed by atoms with E-state index in [1.807, 2.05) is 48.2 Å². The molecule has 0 aliphatic carbocycles. The molecule has 32 heavy (non-hydrogen) atoms. The molecule has 7 nitrogen and oxygen atoms in total. The minimum Gasteiger partial charge on any atom is -0.504 e. The van der Waals surface area contributed by atoms with Gasteiger partial charge in [0.25, 0.3) is 0 Å². The van der Waals surface area contributed by atoms with Crippen LogP contribution in [-0.4, -0.2) is 54.1 Å². The van der Waals surface area contributed by atoms with E-state index in [2.05, 4.69) is 5.32 Å². The number of phenols is 1. The number of aliphatic imine (C=N–C) groups is 1. The molecular formula is C25H31N3O4. The molecule has 1 fully saturated rings. The monoisotopic (exact) mass is 437 g/mol. The van der Waals surface area contributed by atoms with Crippen LogP contribution in [0.25, 0.3) is 0 Å². The average molecular weight is 438 g/mol. The molecule has 1 amide bonds. The van der Waals surface area contributed by atoms with E-state index < -0.39 is 5.66 Å². The summed E-state index contributed by atoms with van der Waals surface area (Å²) < 4.78 is 10.9. The van der Waals surface area contributed by atoms with Crippen LogP contribution in [0.2, 0.25) is 0 Å². The minimum absolute atomic E-state index is 0.0911. The fourth-order valence-corrected chi connectivity index (χ4v) is 4.62. The molecule has 1 atom stereocenters. The number of aromatic hydroxyl groups is 1. The summed E-state index contributed by atoms with van der Waals surface area (Å²) in [6.45, 7) is 5.50. The number of phenolic OH excluding ortho intramolecular Hbond substituents is 1. The van der Waals surface area contributed by atoms with Gasteiger partial charge in [-0.15, -0.1) is 0 Å². The minimum atomic E-state index is -0.488. The van der Waals surface area contributed by atoms with E-state index in [1.165, 1.54) is 0 Å². The van der Waals surface area contributed by atoms with E-state index in [4.69, 9.17) is 14.5 Å². The van der Waals surface area contributed by atoms with Gasteiger partial charge in [0.15, 0.2) is 11.5 Å². The summed E-state index contributed by atoms with van der Waals surface area (Å²) in [7, 11) is 1.55. The second-order valence-corrected chi connectivity index (χ2v) is 8.35. The lowest BCUT2D eigenvalue weighted by Gasteiger charge is -2.45. The quantitative estimate of drug-likeness (QED) is 0.746. The molecule has 1 saturated heterocycles. The lowest BCUT2D eigenvalue weighted by Crippen LogP contribution is -2.56. The smallest absolute Gasteiger partial charge is 0.219 e. The Balaban J connectivity index is 1.69. The summed E-state index contributed by atoms with van der Waals surface area (Å²) in [4.78, 5) is 18.9. The summed E-state index contributed by atoms with van der Waals surface area (Å²) in [5, 5.41) is 14.5. The van der Waals surface area contributed by atoms with Crippen LogP contribution in [-0.2, 0) is 4.79 Å². The highest BCUT2D eigenvalue weighted by Gasteiger charge is 2.41. The van der Waals surface area contributed by atoms with Crippen molar-refractivity contribution >= 4 is 11.6 Å². The van der Waals surface area contributed by atoms with Crippen molar-refractivity contribution in [1.82, 2.24) is 10.2 Å². The molecule has 1 spiro atoms. The molecule has 2 aliphatic heterocycles. The van der Waals surface area contributed by atoms with E-state index in [-0.39, 0.29) is 17.7 Å². The maximum atomic E-state index is 11.9. The fourth-order valence-electron chi connectivity index (χ4n) is 4.62. The van der Waals surface area contributed by atoms with Gasteiger partial charge in [-0.3, -0.25) is 15.1 Å². The summed E-state index contributed by atoms with van der Waals surface area (Å²) in [5.41, 5.74) is 2.32. The summed E-state index contributed by atoms with van der Waals surface area (Å²) >= 11 is 0. The van der Waals surface area contributed by atoms with Gasteiger partial charge in [0, 0.05) is 56.6 Å². The number of methoxy groups -OCH3 is 1. The number of nitrogens with zero attached hydrogens (tertiary/aromatic N) is 2. The normalized spacial score (nSPS) is 20.0. The van der Waals surface area contributed by atoms with Gasteiger partial charge in [0.1, 0.15) is 11.4 Å². The predicted molar refractivity (Wildman–Crippen MR) is 124 cm³/mol. The van der Waals surface area contributed by atoms with E-state index >= 15 is 0 Å². The molecule has 0 bridgehead atoms. The molecule has 4 rings (SSSR count). The maximum absolute atomic E-state index is 11.9. The van der Waals surface area contributed by atoms with Crippen molar-refractivity contribution in [2.24, 2.45) is 4.99 Å². The molecular weight excluding hydrogens is 406 g/mol. The Morgan fingerprint density at radius 1 is 1.22 bits per heavy atom. The van der Waals surface area contributed by atoms with Crippen molar-refractivity contribution in [2.75, 3.05) is 26.8 Å². The Hall–Kier alpha value is -3.06. The van der Waals surface area contributed by atoms with Gasteiger partial charge in [0.05, 0.1) is 13.7 Å².